The zero-order chi connectivity index (χ0) is 23.6. The predicted molar refractivity (Wildman–Crippen MR) is 125 cm³/mol. The van der Waals surface area contributed by atoms with Crippen LogP contribution < -0.4 is 16.1 Å². The van der Waals surface area contributed by atoms with Gasteiger partial charge in [0.2, 0.25) is 0 Å². The Hall–Kier alpha value is -2.98. The van der Waals surface area contributed by atoms with E-state index < -0.39 is 24.0 Å². The van der Waals surface area contributed by atoms with Crippen LogP contribution in [0.1, 0.15) is 23.7 Å². The van der Waals surface area contributed by atoms with Crippen molar-refractivity contribution in [3.05, 3.63) is 54.1 Å². The summed E-state index contributed by atoms with van der Waals surface area (Å²) in [5, 5.41) is 24.3. The number of aliphatic hydroxyl groups is 1. The Morgan fingerprint density at radius 2 is 1.64 bits per heavy atom. The largest absolute Gasteiger partial charge is 0.391 e. The first-order valence-electron chi connectivity index (χ1n) is 11.2. The van der Waals surface area contributed by atoms with Crippen LogP contribution in [0.4, 0.5) is 5.69 Å². The van der Waals surface area contributed by atoms with Gasteiger partial charge < -0.3 is 20.5 Å². The molecule has 33 heavy (non-hydrogen) atoms. The van der Waals surface area contributed by atoms with Crippen LogP contribution in [-0.4, -0.2) is 78.6 Å². The standard InChI is InChI=1S/C24H32N4O5/c1-17(29)22(24(31)27-32)26-23(30)20-5-3-18(4-6-20)19-7-9-21(10-8-19)25-11-2-12-28-13-15-33-16-14-28/h3-10,17,22,25,29,32H,2,11-16H2,1H3,(H,26,30)(H,27,31)/t17-,22+/m1/s1. The second-order valence-corrected chi connectivity index (χ2v) is 8.06. The van der Waals surface area contributed by atoms with E-state index in [9.17, 15) is 14.7 Å². The van der Waals surface area contributed by atoms with Gasteiger partial charge in [0.1, 0.15) is 6.04 Å². The summed E-state index contributed by atoms with van der Waals surface area (Å²) in [6.07, 6.45) is -0.0897. The maximum absolute atomic E-state index is 12.4. The number of ether oxygens (including phenoxy) is 1. The van der Waals surface area contributed by atoms with Crippen molar-refractivity contribution in [2.45, 2.75) is 25.5 Å². The van der Waals surface area contributed by atoms with Gasteiger partial charge in [-0.15, -0.1) is 0 Å². The minimum Gasteiger partial charge on any atom is -0.391 e. The number of hydrogen-bond acceptors (Lipinski definition) is 7. The van der Waals surface area contributed by atoms with Gasteiger partial charge in [-0.1, -0.05) is 24.3 Å². The molecule has 0 radical (unpaired) electrons. The number of rotatable bonds is 10. The summed E-state index contributed by atoms with van der Waals surface area (Å²) in [6.45, 7) is 6.99. The van der Waals surface area contributed by atoms with Crippen molar-refractivity contribution in [3.63, 3.8) is 0 Å². The molecule has 2 aromatic rings. The van der Waals surface area contributed by atoms with Gasteiger partial charge in [0.25, 0.3) is 11.8 Å². The van der Waals surface area contributed by atoms with Crippen LogP contribution in [0.2, 0.25) is 0 Å². The number of aliphatic hydroxyl groups excluding tert-OH is 1. The Labute approximate surface area is 193 Å². The highest BCUT2D eigenvalue weighted by Gasteiger charge is 2.25. The molecule has 0 spiro atoms. The topological polar surface area (TPSA) is 123 Å². The van der Waals surface area contributed by atoms with E-state index in [1.54, 1.807) is 12.1 Å². The molecule has 3 rings (SSSR count). The molecule has 1 aliphatic heterocycles. The Morgan fingerprint density at radius 1 is 1.03 bits per heavy atom. The van der Waals surface area contributed by atoms with E-state index in [1.807, 2.05) is 36.4 Å². The van der Waals surface area contributed by atoms with Gasteiger partial charge in [-0.25, -0.2) is 5.48 Å². The number of benzene rings is 2. The molecule has 2 atom stereocenters. The molecule has 9 nitrogen and oxygen atoms in total. The smallest absolute Gasteiger partial charge is 0.268 e. The molecule has 1 fully saturated rings. The van der Waals surface area contributed by atoms with Crippen LogP contribution in [0.3, 0.4) is 0 Å². The average molecular weight is 457 g/mol. The lowest BCUT2D eigenvalue weighted by atomic mass is 10.0. The van der Waals surface area contributed by atoms with E-state index >= 15 is 0 Å². The Morgan fingerprint density at radius 3 is 2.21 bits per heavy atom. The molecule has 0 saturated carbocycles. The summed E-state index contributed by atoms with van der Waals surface area (Å²) in [5.74, 6) is -1.41. The van der Waals surface area contributed by atoms with Gasteiger partial charge in [0.15, 0.2) is 0 Å². The Balaban J connectivity index is 1.50. The molecule has 1 aliphatic rings. The van der Waals surface area contributed by atoms with Crippen molar-refractivity contribution in [1.29, 1.82) is 0 Å². The molecule has 0 bridgehead atoms. The number of hydrogen-bond donors (Lipinski definition) is 5. The van der Waals surface area contributed by atoms with Crippen molar-refractivity contribution in [2.75, 3.05) is 44.7 Å². The van der Waals surface area contributed by atoms with Crippen molar-refractivity contribution >= 4 is 17.5 Å². The molecule has 178 valence electrons. The zero-order valence-electron chi connectivity index (χ0n) is 18.8. The van der Waals surface area contributed by atoms with Crippen LogP contribution in [0.25, 0.3) is 11.1 Å². The highest BCUT2D eigenvalue weighted by atomic mass is 16.5. The van der Waals surface area contributed by atoms with Gasteiger partial charge in [0, 0.05) is 30.9 Å². The van der Waals surface area contributed by atoms with Crippen LogP contribution in [0.15, 0.2) is 48.5 Å². The lowest BCUT2D eigenvalue weighted by molar-refractivity contribution is -0.133. The van der Waals surface area contributed by atoms with E-state index in [0.29, 0.717) is 5.56 Å². The van der Waals surface area contributed by atoms with Crippen molar-refractivity contribution in [3.8, 4) is 11.1 Å². The number of anilines is 1. The number of amides is 2. The van der Waals surface area contributed by atoms with Gasteiger partial charge in [-0.05, 0) is 55.3 Å². The first kappa shape index (κ1) is 24.7. The third-order valence-corrected chi connectivity index (χ3v) is 5.61. The lowest BCUT2D eigenvalue weighted by Gasteiger charge is -2.26. The summed E-state index contributed by atoms with van der Waals surface area (Å²) in [4.78, 5) is 26.4. The highest BCUT2D eigenvalue weighted by Crippen LogP contribution is 2.22. The van der Waals surface area contributed by atoms with Gasteiger partial charge in [-0.2, -0.15) is 0 Å². The second-order valence-electron chi connectivity index (χ2n) is 8.06. The third-order valence-electron chi connectivity index (χ3n) is 5.61. The molecule has 1 saturated heterocycles. The Kier molecular flexibility index (Phi) is 9.20. The molecule has 0 unspecified atom stereocenters. The normalized spacial score (nSPS) is 16.0. The molecule has 2 amide bonds. The molecular weight excluding hydrogens is 424 g/mol. The monoisotopic (exact) mass is 456 g/mol. The van der Waals surface area contributed by atoms with Crippen LogP contribution in [0.5, 0.6) is 0 Å². The summed E-state index contributed by atoms with van der Waals surface area (Å²) in [5.41, 5.74) is 4.81. The van der Waals surface area contributed by atoms with Crippen molar-refractivity contribution < 1.29 is 24.6 Å². The van der Waals surface area contributed by atoms with Gasteiger partial charge in [0.05, 0.1) is 19.3 Å². The highest BCUT2D eigenvalue weighted by molar-refractivity contribution is 5.98. The fraction of sp³-hybridized carbons (Fsp3) is 0.417. The SMILES string of the molecule is C[C@@H](O)[C@H](NC(=O)c1ccc(-c2ccc(NCCCN3CCOCC3)cc2)cc1)C(=O)NO. The molecule has 5 N–H and O–H groups in total. The third kappa shape index (κ3) is 7.26. The zero-order valence-corrected chi connectivity index (χ0v) is 18.8. The maximum atomic E-state index is 12.4. The van der Waals surface area contributed by atoms with Crippen LogP contribution >= 0.6 is 0 Å². The maximum Gasteiger partial charge on any atom is 0.268 e. The molecular formula is C24H32N4O5. The fourth-order valence-electron chi connectivity index (χ4n) is 3.65. The van der Waals surface area contributed by atoms with Gasteiger partial charge >= 0.3 is 0 Å². The number of nitrogens with zero attached hydrogens (tertiary/aromatic N) is 1. The molecule has 0 aliphatic carbocycles. The predicted octanol–water partition coefficient (Wildman–Crippen LogP) is 1.47. The molecule has 0 aromatic heterocycles. The number of hydroxylamine groups is 1. The van der Waals surface area contributed by atoms with Crippen LogP contribution in [-0.2, 0) is 9.53 Å². The van der Waals surface area contributed by atoms with Gasteiger partial charge in [-0.3, -0.25) is 19.7 Å². The van der Waals surface area contributed by atoms with E-state index in [1.165, 1.54) is 12.4 Å². The second kappa shape index (κ2) is 12.3. The first-order valence-corrected chi connectivity index (χ1v) is 11.2. The minimum atomic E-state index is -1.25. The van der Waals surface area contributed by atoms with E-state index in [0.717, 1.165) is 62.6 Å². The lowest BCUT2D eigenvalue weighted by Crippen LogP contribution is -2.51. The van der Waals surface area contributed by atoms with Crippen LogP contribution in [0, 0.1) is 0 Å². The van der Waals surface area contributed by atoms with Crippen molar-refractivity contribution in [2.24, 2.45) is 0 Å². The van der Waals surface area contributed by atoms with Crippen molar-refractivity contribution in [1.82, 2.24) is 15.7 Å². The summed E-state index contributed by atoms with van der Waals surface area (Å²) in [7, 11) is 0. The average Bonchev–Trinajstić information content (AvgIpc) is 2.85. The molecule has 1 heterocycles. The summed E-state index contributed by atoms with van der Waals surface area (Å²) in [6, 6.07) is 13.8. The summed E-state index contributed by atoms with van der Waals surface area (Å²) < 4.78 is 5.37. The van der Waals surface area contributed by atoms with E-state index in [4.69, 9.17) is 9.94 Å². The number of carbonyl (C=O) groups is 2. The minimum absolute atomic E-state index is 0.341. The Bertz CT molecular complexity index is 896. The molecule has 2 aromatic carbocycles. The summed E-state index contributed by atoms with van der Waals surface area (Å²) >= 11 is 0. The van der Waals surface area contributed by atoms with E-state index in [2.05, 4.69) is 15.5 Å². The number of morpholine rings is 1. The number of nitrogens with one attached hydrogen (secondary N) is 3. The molecule has 9 heteroatoms. The number of carbonyl (C=O) groups excluding carboxylic acids is 2. The quantitative estimate of drug-likeness (QED) is 0.208. The van der Waals surface area contributed by atoms with E-state index in [-0.39, 0.29) is 0 Å². The fourth-order valence-corrected chi connectivity index (χ4v) is 3.65. The first-order chi connectivity index (χ1) is 16.0.